The van der Waals surface area contributed by atoms with Crippen LogP contribution in [0, 0.1) is 10.1 Å². The first-order valence-electron chi connectivity index (χ1n) is 7.74. The molecule has 0 bridgehead atoms. The molecule has 0 saturated carbocycles. The normalized spacial score (nSPS) is 10.4. The molecule has 132 valence electrons. The summed E-state index contributed by atoms with van der Waals surface area (Å²) in [5, 5.41) is 10.6. The summed E-state index contributed by atoms with van der Waals surface area (Å²) >= 11 is 1.37. The number of hydrogen-bond donors (Lipinski definition) is 0. The molecule has 0 N–H and O–H groups in total. The Morgan fingerprint density at radius 1 is 1.04 bits per heavy atom. The van der Waals surface area contributed by atoms with E-state index in [4.69, 9.17) is 0 Å². The summed E-state index contributed by atoms with van der Waals surface area (Å²) in [6, 6.07) is 14.3. The molecule has 0 fully saturated rings. The predicted molar refractivity (Wildman–Crippen MR) is 101 cm³/mol. The zero-order valence-electron chi connectivity index (χ0n) is 14.5. The van der Waals surface area contributed by atoms with Crippen molar-refractivity contribution in [1.82, 2.24) is 4.90 Å². The van der Waals surface area contributed by atoms with Crippen LogP contribution in [0.15, 0.2) is 53.4 Å². The van der Waals surface area contributed by atoms with Gasteiger partial charge in [0.2, 0.25) is 5.91 Å². The molecule has 2 aromatic rings. The van der Waals surface area contributed by atoms with Crippen LogP contribution in [0.1, 0.15) is 5.56 Å². The molecule has 0 aromatic heterocycles. The quantitative estimate of drug-likeness (QED) is 0.430. The summed E-state index contributed by atoms with van der Waals surface area (Å²) in [5.74, 6) is 0.310. The Hall–Kier alpha value is -2.54. The Balaban J connectivity index is 1.86. The van der Waals surface area contributed by atoms with Gasteiger partial charge >= 0.3 is 0 Å². The van der Waals surface area contributed by atoms with Crippen molar-refractivity contribution < 1.29 is 9.72 Å². The predicted octanol–water partition coefficient (Wildman–Crippen LogP) is 3.41. The lowest BCUT2D eigenvalue weighted by Gasteiger charge is -2.18. The van der Waals surface area contributed by atoms with E-state index in [9.17, 15) is 14.9 Å². The largest absolute Gasteiger partial charge is 0.378 e. The maximum atomic E-state index is 12.3. The molecule has 2 rings (SSSR count). The molecule has 0 heterocycles. The molecule has 0 saturated heterocycles. The highest BCUT2D eigenvalue weighted by molar-refractivity contribution is 8.00. The molecule has 1 amide bonds. The maximum absolute atomic E-state index is 12.3. The average Bonchev–Trinajstić information content (AvgIpc) is 2.60. The van der Waals surface area contributed by atoms with Crippen molar-refractivity contribution in [1.29, 1.82) is 0 Å². The SMILES string of the molecule is CN(Cc1ccc(N(C)C)cc1)C(=O)CSc1ccc([N+](=O)[O-])cc1. The van der Waals surface area contributed by atoms with Crippen LogP contribution in [-0.4, -0.2) is 42.6 Å². The van der Waals surface area contributed by atoms with Crippen molar-refractivity contribution in [3.63, 3.8) is 0 Å². The number of non-ortho nitro benzene ring substituents is 1. The standard InChI is InChI=1S/C18H21N3O3S/c1-19(2)15-6-4-14(5-7-15)12-20(3)18(22)13-25-17-10-8-16(9-11-17)21(23)24/h4-11H,12-13H2,1-3H3. The van der Waals surface area contributed by atoms with Crippen LogP contribution < -0.4 is 4.90 Å². The number of carbonyl (C=O) groups is 1. The van der Waals surface area contributed by atoms with Crippen molar-refractivity contribution in [3.8, 4) is 0 Å². The molecule has 6 nitrogen and oxygen atoms in total. The first-order valence-corrected chi connectivity index (χ1v) is 8.73. The Morgan fingerprint density at radius 2 is 1.64 bits per heavy atom. The Bertz CT molecular complexity index is 730. The van der Waals surface area contributed by atoms with Gasteiger partial charge in [-0.25, -0.2) is 0 Å². The van der Waals surface area contributed by atoms with Gasteiger partial charge in [0.05, 0.1) is 10.7 Å². The number of amides is 1. The highest BCUT2D eigenvalue weighted by Gasteiger charge is 2.11. The molecule has 25 heavy (non-hydrogen) atoms. The second kappa shape index (κ2) is 8.53. The van der Waals surface area contributed by atoms with Crippen LogP contribution in [0.3, 0.4) is 0 Å². The summed E-state index contributed by atoms with van der Waals surface area (Å²) in [5.41, 5.74) is 2.24. The summed E-state index contributed by atoms with van der Waals surface area (Å²) in [6.07, 6.45) is 0. The van der Waals surface area contributed by atoms with E-state index in [1.54, 1.807) is 24.1 Å². The minimum absolute atomic E-state index is 0.0139. The third kappa shape index (κ3) is 5.49. The number of benzene rings is 2. The van der Waals surface area contributed by atoms with Gasteiger partial charge in [0, 0.05) is 50.4 Å². The molecular weight excluding hydrogens is 338 g/mol. The van der Waals surface area contributed by atoms with Crippen LogP contribution in [-0.2, 0) is 11.3 Å². The molecule has 0 aliphatic rings. The summed E-state index contributed by atoms with van der Waals surface area (Å²) in [6.45, 7) is 0.549. The fourth-order valence-electron chi connectivity index (χ4n) is 2.18. The third-order valence-electron chi connectivity index (χ3n) is 3.71. The number of anilines is 1. The number of hydrogen-bond acceptors (Lipinski definition) is 5. The molecule has 0 aliphatic heterocycles. The van der Waals surface area contributed by atoms with Gasteiger partial charge < -0.3 is 9.80 Å². The molecular formula is C18H21N3O3S. The number of nitro groups is 1. The first-order chi connectivity index (χ1) is 11.9. The van der Waals surface area contributed by atoms with Crippen molar-refractivity contribution in [3.05, 3.63) is 64.2 Å². The average molecular weight is 359 g/mol. The monoisotopic (exact) mass is 359 g/mol. The molecule has 0 atom stereocenters. The van der Waals surface area contributed by atoms with Crippen LogP contribution in [0.2, 0.25) is 0 Å². The van der Waals surface area contributed by atoms with Crippen LogP contribution in [0.25, 0.3) is 0 Å². The Labute approximate surface area is 151 Å². The van der Waals surface area contributed by atoms with E-state index < -0.39 is 4.92 Å². The molecule has 0 aliphatic carbocycles. The number of rotatable bonds is 7. The van der Waals surface area contributed by atoms with E-state index in [0.29, 0.717) is 12.3 Å². The molecule has 0 radical (unpaired) electrons. The molecule has 0 spiro atoms. The number of carbonyl (C=O) groups excluding carboxylic acids is 1. The maximum Gasteiger partial charge on any atom is 0.269 e. The van der Waals surface area contributed by atoms with Crippen molar-refractivity contribution >= 4 is 29.0 Å². The lowest BCUT2D eigenvalue weighted by atomic mass is 10.2. The second-order valence-electron chi connectivity index (χ2n) is 5.85. The zero-order chi connectivity index (χ0) is 18.4. The van der Waals surface area contributed by atoms with Gasteiger partial charge in [0.25, 0.3) is 5.69 Å². The fourth-order valence-corrected chi connectivity index (χ4v) is 3.02. The van der Waals surface area contributed by atoms with Crippen LogP contribution >= 0.6 is 11.8 Å². The minimum atomic E-state index is -0.436. The van der Waals surface area contributed by atoms with Crippen molar-refractivity contribution in [2.45, 2.75) is 11.4 Å². The van der Waals surface area contributed by atoms with Crippen LogP contribution in [0.5, 0.6) is 0 Å². The highest BCUT2D eigenvalue weighted by Crippen LogP contribution is 2.22. The Morgan fingerprint density at radius 3 is 2.16 bits per heavy atom. The summed E-state index contributed by atoms with van der Waals surface area (Å²) < 4.78 is 0. The van der Waals surface area contributed by atoms with Gasteiger partial charge in [0.1, 0.15) is 0 Å². The number of nitrogens with zero attached hydrogens (tertiary/aromatic N) is 3. The fraction of sp³-hybridized carbons (Fsp3) is 0.278. The number of thioether (sulfide) groups is 1. The first kappa shape index (κ1) is 18.8. The third-order valence-corrected chi connectivity index (χ3v) is 4.70. The lowest BCUT2D eigenvalue weighted by Crippen LogP contribution is -2.27. The zero-order valence-corrected chi connectivity index (χ0v) is 15.3. The molecule has 7 heteroatoms. The van der Waals surface area contributed by atoms with Crippen molar-refractivity contribution in [2.24, 2.45) is 0 Å². The van der Waals surface area contributed by atoms with E-state index in [1.807, 2.05) is 43.3 Å². The van der Waals surface area contributed by atoms with Gasteiger partial charge in [-0.1, -0.05) is 12.1 Å². The van der Waals surface area contributed by atoms with Gasteiger partial charge in [0.15, 0.2) is 0 Å². The van der Waals surface area contributed by atoms with Gasteiger partial charge in [-0.2, -0.15) is 0 Å². The van der Waals surface area contributed by atoms with Gasteiger partial charge in [-0.3, -0.25) is 14.9 Å². The molecule has 0 unspecified atom stereocenters. The molecule has 2 aromatic carbocycles. The van der Waals surface area contributed by atoms with E-state index in [2.05, 4.69) is 0 Å². The Kier molecular flexibility index (Phi) is 6.41. The van der Waals surface area contributed by atoms with E-state index >= 15 is 0 Å². The highest BCUT2D eigenvalue weighted by atomic mass is 32.2. The number of nitro benzene ring substituents is 1. The van der Waals surface area contributed by atoms with Gasteiger partial charge in [-0.15, -0.1) is 11.8 Å². The summed E-state index contributed by atoms with van der Waals surface area (Å²) in [4.78, 5) is 27.0. The van der Waals surface area contributed by atoms with E-state index in [1.165, 1.54) is 23.9 Å². The van der Waals surface area contributed by atoms with E-state index in [-0.39, 0.29) is 11.6 Å². The lowest BCUT2D eigenvalue weighted by molar-refractivity contribution is -0.384. The van der Waals surface area contributed by atoms with Crippen molar-refractivity contribution in [2.75, 3.05) is 31.8 Å². The van der Waals surface area contributed by atoms with Gasteiger partial charge in [-0.05, 0) is 29.8 Å². The smallest absolute Gasteiger partial charge is 0.269 e. The minimum Gasteiger partial charge on any atom is -0.378 e. The van der Waals surface area contributed by atoms with Crippen LogP contribution in [0.4, 0.5) is 11.4 Å². The van der Waals surface area contributed by atoms with E-state index in [0.717, 1.165) is 16.1 Å². The topological polar surface area (TPSA) is 66.7 Å². The summed E-state index contributed by atoms with van der Waals surface area (Å²) in [7, 11) is 5.75. The second-order valence-corrected chi connectivity index (χ2v) is 6.90.